The Bertz CT molecular complexity index is 2410. The van der Waals surface area contributed by atoms with Crippen LogP contribution < -0.4 is 29.1 Å². The van der Waals surface area contributed by atoms with E-state index >= 15 is 0 Å². The molecule has 1 aliphatic heterocycles. The van der Waals surface area contributed by atoms with Crippen LogP contribution in [-0.4, -0.2) is 52.0 Å². The molecule has 0 radical (unpaired) electrons. The van der Waals surface area contributed by atoms with Crippen LogP contribution in [0.3, 0.4) is 0 Å². The fraction of sp³-hybridized carbons (Fsp3) is 0.194. The molecule has 2 aromatic heterocycles. The lowest BCUT2D eigenvalue weighted by atomic mass is 9.95. The van der Waals surface area contributed by atoms with Crippen LogP contribution in [0.5, 0.6) is 17.2 Å². The smallest absolute Gasteiger partial charge is 0.338 e. The third kappa shape index (κ3) is 6.66. The third-order valence-corrected chi connectivity index (χ3v) is 8.96. The zero-order valence-electron chi connectivity index (χ0n) is 28.1. The SMILES string of the molecule is CCOC(=O)C1=C(C)N=c2sc(=Cc3cn(-c4ccccc4)nc3-c3ccc(OC)c([N+](=O)[O-])c3)c(=O)n2C1c1ccc(OC(C)=O)c(OC)c1. The van der Waals surface area contributed by atoms with E-state index < -0.39 is 28.5 Å². The van der Waals surface area contributed by atoms with Crippen LogP contribution >= 0.6 is 11.3 Å². The monoisotopic (exact) mass is 709 g/mol. The zero-order valence-corrected chi connectivity index (χ0v) is 28.9. The van der Waals surface area contributed by atoms with Crippen LogP contribution in [0.2, 0.25) is 0 Å². The molecule has 5 aromatic rings. The Morgan fingerprint density at radius 2 is 1.75 bits per heavy atom. The van der Waals surface area contributed by atoms with Crippen molar-refractivity contribution in [2.75, 3.05) is 20.8 Å². The summed E-state index contributed by atoms with van der Waals surface area (Å²) in [6.45, 7) is 4.71. The summed E-state index contributed by atoms with van der Waals surface area (Å²) in [6.07, 6.45) is 3.37. The van der Waals surface area contributed by atoms with Gasteiger partial charge in [0, 0.05) is 30.3 Å². The Morgan fingerprint density at radius 3 is 2.41 bits per heavy atom. The number of nitro groups is 1. The summed E-state index contributed by atoms with van der Waals surface area (Å²) in [7, 11) is 2.76. The van der Waals surface area contributed by atoms with Gasteiger partial charge in [-0.15, -0.1) is 0 Å². The number of nitro benzene ring substituents is 1. The number of methoxy groups -OCH3 is 2. The number of carbonyl (C=O) groups excluding carboxylic acids is 2. The Kier molecular flexibility index (Phi) is 9.64. The maximum Gasteiger partial charge on any atom is 0.338 e. The van der Waals surface area contributed by atoms with Crippen molar-refractivity contribution >= 4 is 35.0 Å². The second-order valence-electron chi connectivity index (χ2n) is 11.2. The van der Waals surface area contributed by atoms with Gasteiger partial charge in [-0.2, -0.15) is 5.10 Å². The molecule has 1 aliphatic rings. The third-order valence-electron chi connectivity index (χ3n) is 7.97. The van der Waals surface area contributed by atoms with Gasteiger partial charge in [0.1, 0.15) is 5.69 Å². The van der Waals surface area contributed by atoms with Gasteiger partial charge in [0.15, 0.2) is 22.0 Å². The van der Waals surface area contributed by atoms with Crippen molar-refractivity contribution in [3.63, 3.8) is 0 Å². The molecule has 1 atom stereocenters. The van der Waals surface area contributed by atoms with Gasteiger partial charge in [0.25, 0.3) is 5.56 Å². The lowest BCUT2D eigenvalue weighted by molar-refractivity contribution is -0.385. The Morgan fingerprint density at radius 1 is 1.02 bits per heavy atom. The van der Waals surface area contributed by atoms with Gasteiger partial charge in [0.2, 0.25) is 0 Å². The van der Waals surface area contributed by atoms with Crippen molar-refractivity contribution < 1.29 is 33.5 Å². The summed E-state index contributed by atoms with van der Waals surface area (Å²) in [4.78, 5) is 55.9. The molecule has 3 aromatic carbocycles. The summed E-state index contributed by atoms with van der Waals surface area (Å²) in [5.74, 6) is -0.716. The maximum absolute atomic E-state index is 14.4. The molecule has 0 spiro atoms. The van der Waals surface area contributed by atoms with Crippen molar-refractivity contribution in [3.8, 4) is 34.2 Å². The highest BCUT2D eigenvalue weighted by molar-refractivity contribution is 7.07. The number of rotatable bonds is 10. The quantitative estimate of drug-likeness (QED) is 0.0872. The van der Waals surface area contributed by atoms with Crippen LogP contribution in [0.15, 0.2) is 94.0 Å². The lowest BCUT2D eigenvalue weighted by Gasteiger charge is -2.25. The second kappa shape index (κ2) is 14.2. The number of esters is 2. The Balaban J connectivity index is 1.57. The number of ether oxygens (including phenoxy) is 4. The van der Waals surface area contributed by atoms with E-state index in [4.69, 9.17) is 24.0 Å². The van der Waals surface area contributed by atoms with E-state index in [2.05, 4.69) is 4.99 Å². The van der Waals surface area contributed by atoms with E-state index in [0.717, 1.165) is 17.0 Å². The average Bonchev–Trinajstić information content (AvgIpc) is 3.68. The highest BCUT2D eigenvalue weighted by atomic mass is 32.1. The molecule has 15 heteroatoms. The summed E-state index contributed by atoms with van der Waals surface area (Å²) < 4.78 is 24.7. The number of nitrogens with zero attached hydrogens (tertiary/aromatic N) is 5. The predicted octanol–water partition coefficient (Wildman–Crippen LogP) is 4.50. The minimum absolute atomic E-state index is 0.0893. The van der Waals surface area contributed by atoms with Crippen LogP contribution in [0.4, 0.5) is 5.69 Å². The highest BCUT2D eigenvalue weighted by Gasteiger charge is 2.34. The molecule has 0 amide bonds. The molecule has 14 nitrogen and oxygen atoms in total. The summed E-state index contributed by atoms with van der Waals surface area (Å²) >= 11 is 1.11. The van der Waals surface area contributed by atoms with Gasteiger partial charge in [-0.3, -0.25) is 24.3 Å². The molecule has 6 rings (SSSR count). The molecule has 0 aliphatic carbocycles. The summed E-state index contributed by atoms with van der Waals surface area (Å²) in [5.41, 5.74) is 2.31. The number of thiazole rings is 1. The zero-order chi connectivity index (χ0) is 36.4. The first-order valence-corrected chi connectivity index (χ1v) is 16.4. The van der Waals surface area contributed by atoms with Crippen molar-refractivity contribution in [3.05, 3.63) is 125 Å². The molecular formula is C36H31N5O9S. The van der Waals surface area contributed by atoms with E-state index in [1.54, 1.807) is 49.0 Å². The first-order chi connectivity index (χ1) is 24.5. The Hall–Kier alpha value is -6.35. The first-order valence-electron chi connectivity index (χ1n) is 15.6. The van der Waals surface area contributed by atoms with Crippen LogP contribution in [0.1, 0.15) is 37.9 Å². The summed E-state index contributed by atoms with van der Waals surface area (Å²) in [5, 5.41) is 16.7. The van der Waals surface area contributed by atoms with Crippen molar-refractivity contribution in [1.82, 2.24) is 14.3 Å². The number of carbonyl (C=O) groups is 2. The molecule has 0 N–H and O–H groups in total. The number of hydrogen-bond donors (Lipinski definition) is 0. The largest absolute Gasteiger partial charge is 0.493 e. The number of fused-ring (bicyclic) bond motifs is 1. The van der Waals surface area contributed by atoms with Gasteiger partial charge in [-0.1, -0.05) is 35.6 Å². The second-order valence-corrected chi connectivity index (χ2v) is 12.2. The number of hydrogen-bond acceptors (Lipinski definition) is 12. The predicted molar refractivity (Wildman–Crippen MR) is 187 cm³/mol. The highest BCUT2D eigenvalue weighted by Crippen LogP contribution is 2.37. The minimum atomic E-state index is -0.974. The molecule has 0 saturated carbocycles. The maximum atomic E-state index is 14.4. The molecule has 0 bridgehead atoms. The van der Waals surface area contributed by atoms with Gasteiger partial charge >= 0.3 is 17.6 Å². The first kappa shape index (κ1) is 34.5. The lowest BCUT2D eigenvalue weighted by Crippen LogP contribution is -2.40. The van der Waals surface area contributed by atoms with Crippen LogP contribution in [0, 0.1) is 10.1 Å². The number of aromatic nitrogens is 3. The van der Waals surface area contributed by atoms with Crippen molar-refractivity contribution in [1.29, 1.82) is 0 Å². The topological polar surface area (TPSA) is 166 Å². The summed E-state index contributed by atoms with van der Waals surface area (Å²) in [6, 6.07) is 17.6. The average molecular weight is 710 g/mol. The Labute approximate surface area is 294 Å². The molecule has 0 fully saturated rings. The molecule has 260 valence electrons. The number of allylic oxidation sites excluding steroid dienone is 1. The fourth-order valence-corrected chi connectivity index (χ4v) is 6.79. The molecule has 0 saturated heterocycles. The number of benzene rings is 3. The molecule has 1 unspecified atom stereocenters. The van der Waals surface area contributed by atoms with Gasteiger partial charge in [-0.25, -0.2) is 14.5 Å². The molecule has 51 heavy (non-hydrogen) atoms. The standard InChI is InChI=1S/C36H31N5O9S/c1-6-49-35(44)31-20(2)37-36-40(33(31)23-13-15-28(50-21(3)42)29(17-23)48-5)34(43)30(51-36)18-24-19-39(25-10-8-7-9-11-25)38-32(24)22-12-14-27(47-4)26(16-22)41(45)46/h7-19,33H,6H2,1-5H3. The van der Waals surface area contributed by atoms with E-state index in [9.17, 15) is 24.5 Å². The normalized spacial score (nSPS) is 14.1. The van der Waals surface area contributed by atoms with E-state index in [1.165, 1.54) is 43.9 Å². The van der Waals surface area contributed by atoms with E-state index in [0.29, 0.717) is 32.9 Å². The van der Waals surface area contributed by atoms with E-state index in [1.807, 2.05) is 30.3 Å². The van der Waals surface area contributed by atoms with Gasteiger partial charge < -0.3 is 18.9 Å². The van der Waals surface area contributed by atoms with Gasteiger partial charge in [0.05, 0.1) is 53.3 Å². The molecular weight excluding hydrogens is 678 g/mol. The van der Waals surface area contributed by atoms with Gasteiger partial charge in [-0.05, 0) is 61.9 Å². The minimum Gasteiger partial charge on any atom is -0.493 e. The van der Waals surface area contributed by atoms with Crippen LogP contribution in [0.25, 0.3) is 23.0 Å². The number of para-hydroxylation sites is 1. The van der Waals surface area contributed by atoms with Crippen molar-refractivity contribution in [2.45, 2.75) is 26.8 Å². The van der Waals surface area contributed by atoms with E-state index in [-0.39, 0.29) is 39.6 Å². The van der Waals surface area contributed by atoms with Crippen molar-refractivity contribution in [2.24, 2.45) is 4.99 Å². The van der Waals surface area contributed by atoms with Crippen LogP contribution in [-0.2, 0) is 14.3 Å². The fourth-order valence-electron chi connectivity index (χ4n) is 5.75. The molecule has 3 heterocycles.